The Labute approximate surface area is 143 Å². The monoisotopic (exact) mass is 351 g/mol. The van der Waals surface area contributed by atoms with E-state index in [2.05, 4.69) is 10.2 Å². The largest absolute Gasteiger partial charge is 0.349 e. The van der Waals surface area contributed by atoms with Crippen LogP contribution in [0.25, 0.3) is 0 Å². The van der Waals surface area contributed by atoms with Crippen molar-refractivity contribution in [3.05, 3.63) is 35.4 Å². The number of sulfone groups is 1. The van der Waals surface area contributed by atoms with Crippen molar-refractivity contribution in [2.45, 2.75) is 37.9 Å². The summed E-state index contributed by atoms with van der Waals surface area (Å²) in [6.07, 6.45) is 2.76. The SMILES string of the molecule is N[C@@H]1CC[C@@H](NC(=O)c2ccc(CN3CCS(=O)(=O)CC3)cc2)C1. The molecule has 7 heteroatoms. The molecule has 6 nitrogen and oxygen atoms in total. The molecule has 1 aliphatic heterocycles. The van der Waals surface area contributed by atoms with E-state index >= 15 is 0 Å². The molecule has 0 spiro atoms. The number of benzene rings is 1. The van der Waals surface area contributed by atoms with E-state index in [9.17, 15) is 13.2 Å². The van der Waals surface area contributed by atoms with E-state index in [1.165, 1.54) is 0 Å². The zero-order valence-electron chi connectivity index (χ0n) is 13.8. The van der Waals surface area contributed by atoms with E-state index in [1.807, 2.05) is 24.3 Å². The van der Waals surface area contributed by atoms with Crippen LogP contribution in [-0.4, -0.2) is 55.9 Å². The average Bonchev–Trinajstić information content (AvgIpc) is 2.95. The number of hydrogen-bond donors (Lipinski definition) is 2. The van der Waals surface area contributed by atoms with Gasteiger partial charge in [0.1, 0.15) is 0 Å². The molecule has 3 N–H and O–H groups in total. The molecule has 2 aliphatic rings. The molecule has 1 aliphatic carbocycles. The molecule has 0 radical (unpaired) electrons. The predicted molar refractivity (Wildman–Crippen MR) is 93.5 cm³/mol. The summed E-state index contributed by atoms with van der Waals surface area (Å²) in [5.41, 5.74) is 7.62. The quantitative estimate of drug-likeness (QED) is 0.825. The molecule has 1 saturated carbocycles. The highest BCUT2D eigenvalue weighted by Crippen LogP contribution is 2.18. The van der Waals surface area contributed by atoms with Gasteiger partial charge in [0.15, 0.2) is 9.84 Å². The van der Waals surface area contributed by atoms with Crippen molar-refractivity contribution in [1.82, 2.24) is 10.2 Å². The average molecular weight is 351 g/mol. The summed E-state index contributed by atoms with van der Waals surface area (Å²) < 4.78 is 22.9. The van der Waals surface area contributed by atoms with Crippen LogP contribution in [0.3, 0.4) is 0 Å². The van der Waals surface area contributed by atoms with Crippen LogP contribution in [0, 0.1) is 0 Å². The van der Waals surface area contributed by atoms with Crippen LogP contribution in [0.5, 0.6) is 0 Å². The Morgan fingerprint density at radius 1 is 1.17 bits per heavy atom. The number of nitrogens with two attached hydrogens (primary N) is 1. The van der Waals surface area contributed by atoms with Gasteiger partial charge in [-0.2, -0.15) is 0 Å². The number of nitrogens with one attached hydrogen (secondary N) is 1. The number of nitrogens with zero attached hydrogens (tertiary/aromatic N) is 1. The number of amides is 1. The van der Waals surface area contributed by atoms with Crippen LogP contribution in [0.2, 0.25) is 0 Å². The second-order valence-corrected chi connectivity index (χ2v) is 9.17. The fourth-order valence-corrected chi connectivity index (χ4v) is 4.62. The van der Waals surface area contributed by atoms with Gasteiger partial charge in [-0.05, 0) is 37.0 Å². The first-order valence-corrected chi connectivity index (χ1v) is 10.3. The maximum atomic E-state index is 12.3. The molecule has 0 unspecified atom stereocenters. The molecule has 1 saturated heterocycles. The van der Waals surface area contributed by atoms with Gasteiger partial charge < -0.3 is 11.1 Å². The Hall–Kier alpha value is -1.44. The van der Waals surface area contributed by atoms with Gasteiger partial charge in [0.25, 0.3) is 5.91 Å². The van der Waals surface area contributed by atoms with E-state index in [4.69, 9.17) is 5.73 Å². The van der Waals surface area contributed by atoms with Crippen LogP contribution in [-0.2, 0) is 16.4 Å². The zero-order valence-corrected chi connectivity index (χ0v) is 14.6. The lowest BCUT2D eigenvalue weighted by atomic mass is 10.1. The second kappa shape index (κ2) is 7.21. The van der Waals surface area contributed by atoms with Gasteiger partial charge in [0.2, 0.25) is 0 Å². The summed E-state index contributed by atoms with van der Waals surface area (Å²) in [5.74, 6) is 0.415. The summed E-state index contributed by atoms with van der Waals surface area (Å²) >= 11 is 0. The summed E-state index contributed by atoms with van der Waals surface area (Å²) in [6, 6.07) is 7.94. The summed E-state index contributed by atoms with van der Waals surface area (Å²) in [6.45, 7) is 1.87. The lowest BCUT2D eigenvalue weighted by molar-refractivity contribution is 0.0937. The van der Waals surface area contributed by atoms with E-state index in [0.717, 1.165) is 31.4 Å². The van der Waals surface area contributed by atoms with Gasteiger partial charge >= 0.3 is 0 Å². The van der Waals surface area contributed by atoms with E-state index in [0.29, 0.717) is 18.7 Å². The molecular formula is C17H25N3O3S. The third kappa shape index (κ3) is 4.55. The standard InChI is InChI=1S/C17H25N3O3S/c18-15-5-6-16(11-15)19-17(21)14-3-1-13(2-4-14)12-20-7-9-24(22,23)10-8-20/h1-4,15-16H,5-12,18H2,(H,19,21)/t15-,16-/m1/s1. The number of carbonyl (C=O) groups is 1. The fourth-order valence-electron chi connectivity index (χ4n) is 3.34. The Morgan fingerprint density at radius 3 is 2.42 bits per heavy atom. The first-order valence-electron chi connectivity index (χ1n) is 8.49. The minimum atomic E-state index is -2.84. The molecule has 1 heterocycles. The maximum Gasteiger partial charge on any atom is 0.251 e. The molecule has 2 atom stereocenters. The predicted octanol–water partition coefficient (Wildman–Crippen LogP) is 0.527. The normalized spacial score (nSPS) is 27.0. The van der Waals surface area contributed by atoms with Gasteiger partial charge in [0, 0.05) is 37.3 Å². The molecule has 132 valence electrons. The van der Waals surface area contributed by atoms with Gasteiger partial charge in [0.05, 0.1) is 11.5 Å². The third-order valence-electron chi connectivity index (χ3n) is 4.87. The summed E-state index contributed by atoms with van der Waals surface area (Å²) in [7, 11) is -2.84. The van der Waals surface area contributed by atoms with Crippen molar-refractivity contribution < 1.29 is 13.2 Å². The molecule has 2 fully saturated rings. The maximum absolute atomic E-state index is 12.3. The molecule has 1 aromatic carbocycles. The van der Waals surface area contributed by atoms with Gasteiger partial charge in [-0.15, -0.1) is 0 Å². The smallest absolute Gasteiger partial charge is 0.251 e. The number of carbonyl (C=O) groups excluding carboxylic acids is 1. The topological polar surface area (TPSA) is 92.5 Å². The van der Waals surface area contributed by atoms with Crippen molar-refractivity contribution in [3.63, 3.8) is 0 Å². The lowest BCUT2D eigenvalue weighted by Gasteiger charge is -2.26. The van der Waals surface area contributed by atoms with Gasteiger partial charge in [-0.1, -0.05) is 12.1 Å². The molecule has 0 bridgehead atoms. The minimum Gasteiger partial charge on any atom is -0.349 e. The lowest BCUT2D eigenvalue weighted by Crippen LogP contribution is -2.39. The van der Waals surface area contributed by atoms with Crippen molar-refractivity contribution in [1.29, 1.82) is 0 Å². The summed E-state index contributed by atoms with van der Waals surface area (Å²) in [4.78, 5) is 14.4. The second-order valence-electron chi connectivity index (χ2n) is 6.87. The van der Waals surface area contributed by atoms with Crippen LogP contribution in [0.15, 0.2) is 24.3 Å². The fraction of sp³-hybridized carbons (Fsp3) is 0.588. The molecule has 24 heavy (non-hydrogen) atoms. The highest BCUT2D eigenvalue weighted by atomic mass is 32.2. The van der Waals surface area contributed by atoms with Crippen LogP contribution < -0.4 is 11.1 Å². The molecule has 3 rings (SSSR count). The molecular weight excluding hydrogens is 326 g/mol. The van der Waals surface area contributed by atoms with E-state index in [-0.39, 0.29) is 29.5 Å². The van der Waals surface area contributed by atoms with Crippen molar-refractivity contribution in [3.8, 4) is 0 Å². The van der Waals surface area contributed by atoms with Crippen LogP contribution >= 0.6 is 0 Å². The summed E-state index contributed by atoms with van der Waals surface area (Å²) in [5, 5.41) is 3.04. The Balaban J connectivity index is 1.52. The van der Waals surface area contributed by atoms with Crippen LogP contribution in [0.4, 0.5) is 0 Å². The Kier molecular flexibility index (Phi) is 5.22. The zero-order chi connectivity index (χ0) is 17.2. The van der Waals surface area contributed by atoms with E-state index < -0.39 is 9.84 Å². The Bertz CT molecular complexity index is 674. The van der Waals surface area contributed by atoms with Crippen molar-refractivity contribution in [2.24, 2.45) is 5.73 Å². The highest BCUT2D eigenvalue weighted by Gasteiger charge is 2.24. The minimum absolute atomic E-state index is 0.0512. The third-order valence-corrected chi connectivity index (χ3v) is 6.48. The first kappa shape index (κ1) is 17.4. The van der Waals surface area contributed by atoms with Crippen LogP contribution in [0.1, 0.15) is 35.2 Å². The van der Waals surface area contributed by atoms with Crippen molar-refractivity contribution >= 4 is 15.7 Å². The van der Waals surface area contributed by atoms with E-state index in [1.54, 1.807) is 0 Å². The molecule has 1 amide bonds. The van der Waals surface area contributed by atoms with Crippen molar-refractivity contribution in [2.75, 3.05) is 24.6 Å². The Morgan fingerprint density at radius 2 is 1.83 bits per heavy atom. The van der Waals surface area contributed by atoms with Gasteiger partial charge in [-0.3, -0.25) is 9.69 Å². The number of rotatable bonds is 4. The molecule has 1 aromatic rings. The first-order chi connectivity index (χ1) is 11.4. The number of hydrogen-bond acceptors (Lipinski definition) is 5. The van der Waals surface area contributed by atoms with Gasteiger partial charge in [-0.25, -0.2) is 8.42 Å². The molecule has 0 aromatic heterocycles. The highest BCUT2D eigenvalue weighted by molar-refractivity contribution is 7.91.